The van der Waals surface area contributed by atoms with Crippen LogP contribution in [0.25, 0.3) is 10.9 Å². The Labute approximate surface area is 187 Å². The summed E-state index contributed by atoms with van der Waals surface area (Å²) in [6, 6.07) is 16.3. The summed E-state index contributed by atoms with van der Waals surface area (Å²) in [6.07, 6.45) is 2.89. The number of hydrogen-bond donors (Lipinski definition) is 2. The molecule has 2 aromatic carbocycles. The van der Waals surface area contributed by atoms with E-state index in [4.69, 9.17) is 4.74 Å². The minimum Gasteiger partial charge on any atom is -0.444 e. The number of hydrogen-bond acceptors (Lipinski definition) is 5. The van der Waals surface area contributed by atoms with Gasteiger partial charge < -0.3 is 15.0 Å². The molecule has 0 aliphatic carbocycles. The highest BCUT2D eigenvalue weighted by atomic mass is 16.6. The Balaban J connectivity index is 1.39. The summed E-state index contributed by atoms with van der Waals surface area (Å²) in [6.45, 7) is 6.65. The molecule has 1 amide bonds. The largest absolute Gasteiger partial charge is 0.444 e. The van der Waals surface area contributed by atoms with Crippen molar-refractivity contribution >= 4 is 17.0 Å². The van der Waals surface area contributed by atoms with E-state index in [1.54, 1.807) is 4.80 Å². The lowest BCUT2D eigenvalue weighted by atomic mass is 10.1. The molecule has 0 saturated carbocycles. The van der Waals surface area contributed by atoms with Gasteiger partial charge in [0, 0.05) is 30.1 Å². The van der Waals surface area contributed by atoms with Crippen molar-refractivity contribution in [2.75, 3.05) is 6.54 Å². The zero-order valence-corrected chi connectivity index (χ0v) is 18.6. The van der Waals surface area contributed by atoms with Gasteiger partial charge >= 0.3 is 6.09 Å². The number of fused-ring (bicyclic) bond motifs is 1. The van der Waals surface area contributed by atoms with E-state index in [9.17, 15) is 4.79 Å². The van der Waals surface area contributed by atoms with Gasteiger partial charge in [0.2, 0.25) is 0 Å². The first-order chi connectivity index (χ1) is 15.4. The number of aromatic nitrogens is 5. The molecule has 0 radical (unpaired) electrons. The monoisotopic (exact) mass is 432 g/mol. The molecular formula is C24H28N6O2. The second-order valence-corrected chi connectivity index (χ2v) is 8.77. The number of alkyl carbamates (subject to hydrolysis) is 1. The van der Waals surface area contributed by atoms with Gasteiger partial charge in [-0.1, -0.05) is 36.4 Å². The average molecular weight is 433 g/mol. The molecule has 2 heterocycles. The van der Waals surface area contributed by atoms with E-state index >= 15 is 0 Å². The lowest BCUT2D eigenvalue weighted by molar-refractivity contribution is 0.0528. The van der Waals surface area contributed by atoms with Crippen LogP contribution in [0.2, 0.25) is 0 Å². The maximum atomic E-state index is 11.9. The van der Waals surface area contributed by atoms with Crippen molar-refractivity contribution < 1.29 is 9.53 Å². The number of nitrogens with zero attached hydrogens (tertiary/aromatic N) is 4. The van der Waals surface area contributed by atoms with Gasteiger partial charge in [-0.25, -0.2) is 4.79 Å². The Morgan fingerprint density at radius 1 is 1.12 bits per heavy atom. The summed E-state index contributed by atoms with van der Waals surface area (Å²) in [5, 5.41) is 16.8. The van der Waals surface area contributed by atoms with Crippen LogP contribution in [0.15, 0.2) is 54.7 Å². The zero-order chi connectivity index (χ0) is 22.6. The number of carbonyl (C=O) groups excluding carboxylic acids is 1. The van der Waals surface area contributed by atoms with Crippen molar-refractivity contribution in [2.45, 2.75) is 45.8 Å². The van der Waals surface area contributed by atoms with E-state index in [-0.39, 0.29) is 0 Å². The van der Waals surface area contributed by atoms with Crippen LogP contribution in [0.5, 0.6) is 0 Å². The van der Waals surface area contributed by atoms with Crippen molar-refractivity contribution in [1.29, 1.82) is 0 Å². The molecule has 0 fully saturated rings. The quantitative estimate of drug-likeness (QED) is 0.462. The molecule has 0 bridgehead atoms. The van der Waals surface area contributed by atoms with Crippen molar-refractivity contribution in [1.82, 2.24) is 30.5 Å². The van der Waals surface area contributed by atoms with E-state index in [1.807, 2.05) is 57.3 Å². The Kier molecular flexibility index (Phi) is 6.20. The molecule has 8 nitrogen and oxygen atoms in total. The minimum atomic E-state index is -0.503. The Bertz CT molecular complexity index is 1190. The van der Waals surface area contributed by atoms with Crippen LogP contribution >= 0.6 is 0 Å². The van der Waals surface area contributed by atoms with Crippen LogP contribution in [-0.4, -0.2) is 43.4 Å². The maximum Gasteiger partial charge on any atom is 0.407 e. The van der Waals surface area contributed by atoms with E-state index in [0.717, 1.165) is 27.6 Å². The predicted molar refractivity (Wildman–Crippen MR) is 122 cm³/mol. The zero-order valence-electron chi connectivity index (χ0n) is 18.6. The third kappa shape index (κ3) is 5.72. The van der Waals surface area contributed by atoms with Crippen LogP contribution in [0.3, 0.4) is 0 Å². The molecule has 0 atom stereocenters. The first-order valence-corrected chi connectivity index (χ1v) is 10.7. The molecule has 0 aliphatic rings. The van der Waals surface area contributed by atoms with E-state index < -0.39 is 11.7 Å². The lowest BCUT2D eigenvalue weighted by Crippen LogP contribution is -2.33. The second-order valence-electron chi connectivity index (χ2n) is 8.77. The van der Waals surface area contributed by atoms with Gasteiger partial charge in [-0.3, -0.25) is 0 Å². The number of H-pyrrole nitrogens is 1. The fraction of sp³-hybridized carbons (Fsp3) is 0.333. The number of aromatic amines is 1. The van der Waals surface area contributed by atoms with Crippen LogP contribution in [-0.2, 0) is 24.1 Å². The van der Waals surface area contributed by atoms with Crippen LogP contribution < -0.4 is 5.32 Å². The number of carbonyl (C=O) groups is 1. The van der Waals surface area contributed by atoms with E-state index in [1.165, 1.54) is 0 Å². The molecule has 2 N–H and O–H groups in total. The summed E-state index contributed by atoms with van der Waals surface area (Å²) >= 11 is 0. The molecule has 0 spiro atoms. The Hall–Kier alpha value is -3.68. The summed E-state index contributed by atoms with van der Waals surface area (Å²) in [5.41, 5.74) is 3.93. The van der Waals surface area contributed by atoms with E-state index in [2.05, 4.69) is 43.9 Å². The summed E-state index contributed by atoms with van der Waals surface area (Å²) in [5.74, 6) is 0.684. The van der Waals surface area contributed by atoms with Crippen molar-refractivity contribution in [3.05, 3.63) is 77.2 Å². The molecule has 32 heavy (non-hydrogen) atoms. The highest BCUT2D eigenvalue weighted by Crippen LogP contribution is 2.21. The number of amides is 1. The Morgan fingerprint density at radius 3 is 2.72 bits per heavy atom. The average Bonchev–Trinajstić information content (AvgIpc) is 3.34. The maximum absolute atomic E-state index is 11.9. The van der Waals surface area contributed by atoms with Gasteiger partial charge in [0.05, 0.1) is 6.54 Å². The van der Waals surface area contributed by atoms with Gasteiger partial charge in [0.1, 0.15) is 5.60 Å². The first kappa shape index (κ1) is 21.5. The standard InChI is InChI=1S/C24H28N6O2/c1-24(2,3)32-23(31)25-12-11-19-15-26-21-10-9-18(13-20(19)21)14-22-27-29-30(28-22)16-17-7-5-4-6-8-17/h4-10,13,15,26H,11-12,14,16H2,1-3H3,(H,25,31). The normalized spacial score (nSPS) is 11.6. The number of ether oxygens (including phenoxy) is 1. The van der Waals surface area contributed by atoms with Crippen LogP contribution in [0, 0.1) is 0 Å². The molecule has 4 rings (SSSR count). The summed E-state index contributed by atoms with van der Waals surface area (Å²) in [7, 11) is 0. The fourth-order valence-electron chi connectivity index (χ4n) is 3.50. The topological polar surface area (TPSA) is 97.7 Å². The van der Waals surface area contributed by atoms with Crippen LogP contribution in [0.1, 0.15) is 43.3 Å². The highest BCUT2D eigenvalue weighted by molar-refractivity contribution is 5.84. The third-order valence-electron chi connectivity index (χ3n) is 4.92. The molecule has 4 aromatic rings. The van der Waals surface area contributed by atoms with Gasteiger partial charge in [-0.2, -0.15) is 4.80 Å². The number of nitrogens with one attached hydrogen (secondary N) is 2. The summed E-state index contributed by atoms with van der Waals surface area (Å²) < 4.78 is 5.29. The molecule has 166 valence electrons. The highest BCUT2D eigenvalue weighted by Gasteiger charge is 2.16. The van der Waals surface area contributed by atoms with Crippen molar-refractivity contribution in [3.8, 4) is 0 Å². The lowest BCUT2D eigenvalue weighted by Gasteiger charge is -2.19. The van der Waals surface area contributed by atoms with E-state index in [0.29, 0.717) is 31.8 Å². The number of tetrazole rings is 1. The van der Waals surface area contributed by atoms with Crippen molar-refractivity contribution in [2.24, 2.45) is 0 Å². The van der Waals surface area contributed by atoms with Gasteiger partial charge in [-0.05, 0) is 61.2 Å². The van der Waals surface area contributed by atoms with Crippen LogP contribution in [0.4, 0.5) is 4.79 Å². The molecule has 0 aliphatic heterocycles. The van der Waals surface area contributed by atoms with Gasteiger partial charge in [-0.15, -0.1) is 10.2 Å². The summed E-state index contributed by atoms with van der Waals surface area (Å²) in [4.78, 5) is 16.8. The predicted octanol–water partition coefficient (Wildman–Crippen LogP) is 3.86. The van der Waals surface area contributed by atoms with Gasteiger partial charge in [0.15, 0.2) is 5.82 Å². The number of benzene rings is 2. The fourth-order valence-corrected chi connectivity index (χ4v) is 3.50. The molecular weight excluding hydrogens is 404 g/mol. The number of rotatable bonds is 7. The second kappa shape index (κ2) is 9.21. The minimum absolute atomic E-state index is 0.400. The molecule has 0 unspecified atom stereocenters. The molecule has 8 heteroatoms. The smallest absolute Gasteiger partial charge is 0.407 e. The third-order valence-corrected chi connectivity index (χ3v) is 4.92. The first-order valence-electron chi connectivity index (χ1n) is 10.7. The molecule has 2 aromatic heterocycles. The Morgan fingerprint density at radius 2 is 1.94 bits per heavy atom. The van der Waals surface area contributed by atoms with Gasteiger partial charge in [0.25, 0.3) is 0 Å². The molecule has 0 saturated heterocycles. The van der Waals surface area contributed by atoms with Crippen molar-refractivity contribution in [3.63, 3.8) is 0 Å². The SMILES string of the molecule is CC(C)(C)OC(=O)NCCc1c[nH]c2ccc(Cc3nnn(Cc4ccccc4)n3)cc12.